The third kappa shape index (κ3) is 3.73. The molecule has 134 valence electrons. The van der Waals surface area contributed by atoms with Crippen LogP contribution in [0.3, 0.4) is 0 Å². The summed E-state index contributed by atoms with van der Waals surface area (Å²) < 4.78 is 2.07. The molecule has 3 rings (SSSR count). The topological polar surface area (TPSA) is 67.1 Å². The van der Waals surface area contributed by atoms with Gasteiger partial charge in [-0.25, -0.2) is 9.67 Å². The van der Waals surface area contributed by atoms with Gasteiger partial charge in [-0.15, -0.1) is 0 Å². The summed E-state index contributed by atoms with van der Waals surface area (Å²) >= 11 is 0. The first kappa shape index (κ1) is 17.2. The van der Waals surface area contributed by atoms with Crippen molar-refractivity contribution in [2.75, 3.05) is 13.6 Å². The Morgan fingerprint density at radius 3 is 2.79 bits per heavy atom. The summed E-state index contributed by atoms with van der Waals surface area (Å²) in [5.74, 6) is 3.02. The molecule has 6 nitrogen and oxygen atoms in total. The van der Waals surface area contributed by atoms with Gasteiger partial charge in [-0.05, 0) is 31.1 Å². The number of fused-ring (bicyclic) bond motifs is 1. The van der Waals surface area contributed by atoms with Gasteiger partial charge in [-0.3, -0.25) is 4.99 Å². The zero-order chi connectivity index (χ0) is 17.0. The van der Waals surface area contributed by atoms with Crippen LogP contribution < -0.4 is 10.6 Å². The van der Waals surface area contributed by atoms with Crippen LogP contribution in [0.4, 0.5) is 0 Å². The van der Waals surface area contributed by atoms with Crippen LogP contribution in [0, 0.1) is 5.41 Å². The van der Waals surface area contributed by atoms with E-state index in [1.807, 2.05) is 7.05 Å². The minimum atomic E-state index is 0.372. The highest BCUT2D eigenvalue weighted by molar-refractivity contribution is 5.80. The van der Waals surface area contributed by atoms with Crippen LogP contribution in [0.1, 0.15) is 64.0 Å². The molecule has 0 radical (unpaired) electrons. The van der Waals surface area contributed by atoms with Gasteiger partial charge >= 0.3 is 0 Å². The van der Waals surface area contributed by atoms with Gasteiger partial charge in [0.25, 0.3) is 0 Å². The molecule has 1 aliphatic heterocycles. The second kappa shape index (κ2) is 7.53. The second-order valence-corrected chi connectivity index (χ2v) is 7.35. The fourth-order valence-electron chi connectivity index (χ4n) is 4.07. The molecule has 2 aliphatic rings. The van der Waals surface area contributed by atoms with Gasteiger partial charge in [0, 0.05) is 32.5 Å². The lowest BCUT2D eigenvalue weighted by atomic mass is 9.83. The molecule has 2 N–H and O–H groups in total. The van der Waals surface area contributed by atoms with Crippen molar-refractivity contribution in [2.45, 2.75) is 77.8 Å². The molecule has 6 heteroatoms. The first-order valence-corrected chi connectivity index (χ1v) is 9.58. The Hall–Kier alpha value is -1.59. The predicted octanol–water partition coefficient (Wildman–Crippen LogP) is 2.29. The molecule has 0 saturated heterocycles. The molecule has 1 unspecified atom stereocenters. The van der Waals surface area contributed by atoms with Crippen LogP contribution >= 0.6 is 0 Å². The molecule has 2 heterocycles. The SMILES string of the molecule is CCc1nc2n(n1)CC(NC(=NC)NCC1(CC)CCCC1)CC2. The van der Waals surface area contributed by atoms with Crippen molar-refractivity contribution in [3.8, 4) is 0 Å². The molecule has 1 atom stereocenters. The molecule has 0 bridgehead atoms. The van der Waals surface area contributed by atoms with E-state index in [4.69, 9.17) is 0 Å². The lowest BCUT2D eigenvalue weighted by Gasteiger charge is -2.30. The third-order valence-electron chi connectivity index (χ3n) is 5.83. The average molecular weight is 332 g/mol. The van der Waals surface area contributed by atoms with Gasteiger partial charge in [-0.2, -0.15) is 5.10 Å². The summed E-state index contributed by atoms with van der Waals surface area (Å²) in [6, 6.07) is 0.372. The van der Waals surface area contributed by atoms with Crippen molar-refractivity contribution in [3.05, 3.63) is 11.6 Å². The number of aromatic nitrogens is 3. The van der Waals surface area contributed by atoms with Crippen molar-refractivity contribution in [3.63, 3.8) is 0 Å². The molecule has 1 fully saturated rings. The lowest BCUT2D eigenvalue weighted by molar-refractivity contribution is 0.282. The van der Waals surface area contributed by atoms with Gasteiger partial charge in [0.15, 0.2) is 11.8 Å². The van der Waals surface area contributed by atoms with Crippen molar-refractivity contribution in [2.24, 2.45) is 10.4 Å². The molecular weight excluding hydrogens is 300 g/mol. The number of guanidine groups is 1. The van der Waals surface area contributed by atoms with Crippen LogP contribution in [0.5, 0.6) is 0 Å². The summed E-state index contributed by atoms with van der Waals surface area (Å²) in [6.45, 7) is 6.34. The Balaban J connectivity index is 1.54. The number of rotatable bonds is 5. The van der Waals surface area contributed by atoms with Crippen LogP contribution in [-0.4, -0.2) is 40.4 Å². The maximum atomic E-state index is 4.59. The number of hydrogen-bond acceptors (Lipinski definition) is 3. The summed E-state index contributed by atoms with van der Waals surface area (Å²) in [5, 5.41) is 11.8. The minimum absolute atomic E-state index is 0.372. The van der Waals surface area contributed by atoms with E-state index in [2.05, 4.69) is 44.2 Å². The number of nitrogens with zero attached hydrogens (tertiary/aromatic N) is 4. The fourth-order valence-corrected chi connectivity index (χ4v) is 4.07. The van der Waals surface area contributed by atoms with E-state index in [1.165, 1.54) is 32.1 Å². The van der Waals surface area contributed by atoms with Crippen LogP contribution in [-0.2, 0) is 19.4 Å². The van der Waals surface area contributed by atoms with Crippen molar-refractivity contribution < 1.29 is 0 Å². The number of aliphatic imine (C=N–C) groups is 1. The Kier molecular flexibility index (Phi) is 5.41. The van der Waals surface area contributed by atoms with Crippen LogP contribution in [0.2, 0.25) is 0 Å². The number of aryl methyl sites for hydroxylation is 2. The van der Waals surface area contributed by atoms with Crippen LogP contribution in [0.15, 0.2) is 4.99 Å². The Labute approximate surface area is 145 Å². The third-order valence-corrected chi connectivity index (χ3v) is 5.83. The summed E-state index contributed by atoms with van der Waals surface area (Å²) in [6.07, 6.45) is 9.67. The van der Waals surface area contributed by atoms with E-state index in [0.29, 0.717) is 11.5 Å². The highest BCUT2D eigenvalue weighted by Crippen LogP contribution is 2.40. The molecule has 1 aromatic heterocycles. The average Bonchev–Trinajstić information content (AvgIpc) is 3.25. The second-order valence-electron chi connectivity index (χ2n) is 7.35. The summed E-state index contributed by atoms with van der Waals surface area (Å²) in [5.41, 5.74) is 0.472. The van der Waals surface area contributed by atoms with Gasteiger partial charge in [0.2, 0.25) is 0 Å². The zero-order valence-corrected chi connectivity index (χ0v) is 15.4. The van der Waals surface area contributed by atoms with Gasteiger partial charge in [0.1, 0.15) is 5.82 Å². The maximum absolute atomic E-state index is 4.59. The highest BCUT2D eigenvalue weighted by Gasteiger charge is 2.32. The quantitative estimate of drug-likeness (QED) is 0.641. The fraction of sp³-hybridized carbons (Fsp3) is 0.833. The first-order valence-electron chi connectivity index (χ1n) is 9.58. The van der Waals surface area contributed by atoms with Gasteiger partial charge in [-0.1, -0.05) is 26.7 Å². The van der Waals surface area contributed by atoms with Crippen molar-refractivity contribution in [1.29, 1.82) is 0 Å². The molecule has 1 saturated carbocycles. The molecule has 0 aromatic carbocycles. The zero-order valence-electron chi connectivity index (χ0n) is 15.4. The number of nitrogens with one attached hydrogen (secondary N) is 2. The summed E-state index contributed by atoms with van der Waals surface area (Å²) in [4.78, 5) is 9.03. The van der Waals surface area contributed by atoms with E-state index in [0.717, 1.165) is 50.0 Å². The largest absolute Gasteiger partial charge is 0.356 e. The van der Waals surface area contributed by atoms with E-state index in [9.17, 15) is 0 Å². The smallest absolute Gasteiger partial charge is 0.191 e. The Morgan fingerprint density at radius 1 is 1.33 bits per heavy atom. The number of hydrogen-bond donors (Lipinski definition) is 2. The van der Waals surface area contributed by atoms with Gasteiger partial charge in [0.05, 0.1) is 6.54 Å². The van der Waals surface area contributed by atoms with E-state index >= 15 is 0 Å². The van der Waals surface area contributed by atoms with Crippen molar-refractivity contribution in [1.82, 2.24) is 25.4 Å². The Bertz CT molecular complexity index is 570. The van der Waals surface area contributed by atoms with Gasteiger partial charge < -0.3 is 10.6 Å². The Morgan fingerprint density at radius 2 is 2.12 bits per heavy atom. The van der Waals surface area contributed by atoms with Crippen molar-refractivity contribution >= 4 is 5.96 Å². The van der Waals surface area contributed by atoms with E-state index in [1.54, 1.807) is 0 Å². The van der Waals surface area contributed by atoms with Crippen LogP contribution in [0.25, 0.3) is 0 Å². The standard InChI is InChI=1S/C18H32N6/c1-4-15-22-16-9-8-14(12-24(16)23-15)21-17(19-3)20-13-18(5-2)10-6-7-11-18/h14H,4-13H2,1-3H3,(H2,19,20,21). The maximum Gasteiger partial charge on any atom is 0.191 e. The molecular formula is C18H32N6. The normalized spacial score (nSPS) is 23.1. The lowest BCUT2D eigenvalue weighted by Crippen LogP contribution is -2.49. The minimum Gasteiger partial charge on any atom is -0.356 e. The van der Waals surface area contributed by atoms with E-state index in [-0.39, 0.29) is 0 Å². The monoisotopic (exact) mass is 332 g/mol. The predicted molar refractivity (Wildman–Crippen MR) is 97.2 cm³/mol. The molecule has 0 spiro atoms. The molecule has 1 aliphatic carbocycles. The molecule has 0 amide bonds. The summed E-state index contributed by atoms with van der Waals surface area (Å²) in [7, 11) is 1.86. The first-order chi connectivity index (χ1) is 11.7. The van der Waals surface area contributed by atoms with E-state index < -0.39 is 0 Å². The highest BCUT2D eigenvalue weighted by atomic mass is 15.4. The molecule has 24 heavy (non-hydrogen) atoms. The molecule has 1 aromatic rings.